The van der Waals surface area contributed by atoms with Crippen molar-refractivity contribution in [1.29, 1.82) is 5.26 Å². The fraction of sp³-hybridized carbons (Fsp3) is 0.556. The lowest BCUT2D eigenvalue weighted by molar-refractivity contribution is -0.142. The van der Waals surface area contributed by atoms with Crippen LogP contribution in [0.15, 0.2) is 18.2 Å². The number of benzene rings is 1. The number of nitriles is 1. The third-order valence-corrected chi connectivity index (χ3v) is 4.54. The third kappa shape index (κ3) is 3.83. The SMILES string of the molecule is CCOc1ccc(NC(=O)C2(OC)CCC(C)CC2)cc1C#N. The molecule has 2 rings (SSSR count). The molecule has 124 valence electrons. The fourth-order valence-corrected chi connectivity index (χ4v) is 2.97. The molecule has 0 radical (unpaired) electrons. The van der Waals surface area contributed by atoms with Gasteiger partial charge in [0.1, 0.15) is 17.4 Å². The van der Waals surface area contributed by atoms with Crippen molar-refractivity contribution in [3.05, 3.63) is 23.8 Å². The average Bonchev–Trinajstić information content (AvgIpc) is 2.57. The van der Waals surface area contributed by atoms with E-state index in [1.807, 2.05) is 6.92 Å². The molecular weight excluding hydrogens is 292 g/mol. The zero-order chi connectivity index (χ0) is 16.9. The van der Waals surface area contributed by atoms with E-state index in [0.29, 0.717) is 29.5 Å². The number of hydrogen-bond donors (Lipinski definition) is 1. The first-order valence-corrected chi connectivity index (χ1v) is 8.08. The molecule has 1 aliphatic rings. The Morgan fingerprint density at radius 1 is 1.43 bits per heavy atom. The van der Waals surface area contributed by atoms with E-state index in [1.54, 1.807) is 25.3 Å². The van der Waals surface area contributed by atoms with Crippen LogP contribution in [0.1, 0.15) is 45.1 Å². The predicted molar refractivity (Wildman–Crippen MR) is 88.3 cm³/mol. The van der Waals surface area contributed by atoms with E-state index in [-0.39, 0.29) is 5.91 Å². The first-order valence-electron chi connectivity index (χ1n) is 8.08. The van der Waals surface area contributed by atoms with E-state index >= 15 is 0 Å². The van der Waals surface area contributed by atoms with Crippen LogP contribution in [-0.4, -0.2) is 25.2 Å². The minimum atomic E-state index is -0.766. The zero-order valence-electron chi connectivity index (χ0n) is 14.0. The Balaban J connectivity index is 2.14. The van der Waals surface area contributed by atoms with E-state index in [2.05, 4.69) is 18.3 Å². The summed E-state index contributed by atoms with van der Waals surface area (Å²) in [5.41, 5.74) is 0.233. The molecule has 5 heteroatoms. The van der Waals surface area contributed by atoms with Crippen LogP contribution >= 0.6 is 0 Å². The molecule has 23 heavy (non-hydrogen) atoms. The Hall–Kier alpha value is -2.06. The molecule has 0 aromatic heterocycles. The van der Waals surface area contributed by atoms with Gasteiger partial charge in [0.15, 0.2) is 0 Å². The third-order valence-electron chi connectivity index (χ3n) is 4.54. The number of carbonyl (C=O) groups is 1. The predicted octanol–water partition coefficient (Wildman–Crippen LogP) is 3.49. The summed E-state index contributed by atoms with van der Waals surface area (Å²) < 4.78 is 11.0. The number of carbonyl (C=O) groups excluding carboxylic acids is 1. The maximum atomic E-state index is 12.7. The number of nitrogens with one attached hydrogen (secondary N) is 1. The van der Waals surface area contributed by atoms with E-state index < -0.39 is 5.60 Å². The van der Waals surface area contributed by atoms with Crippen molar-refractivity contribution in [2.24, 2.45) is 5.92 Å². The molecule has 0 spiro atoms. The molecule has 0 unspecified atom stereocenters. The summed E-state index contributed by atoms with van der Waals surface area (Å²) in [6.45, 7) is 4.55. The van der Waals surface area contributed by atoms with Gasteiger partial charge in [0.2, 0.25) is 0 Å². The molecule has 1 aromatic rings. The van der Waals surface area contributed by atoms with Crippen molar-refractivity contribution in [1.82, 2.24) is 0 Å². The minimum absolute atomic E-state index is 0.139. The van der Waals surface area contributed by atoms with Crippen LogP contribution in [0.4, 0.5) is 5.69 Å². The van der Waals surface area contributed by atoms with Gasteiger partial charge in [-0.3, -0.25) is 4.79 Å². The normalized spacial score (nSPS) is 23.8. The van der Waals surface area contributed by atoms with Gasteiger partial charge >= 0.3 is 0 Å². The maximum Gasteiger partial charge on any atom is 0.256 e. The number of methoxy groups -OCH3 is 1. The van der Waals surface area contributed by atoms with Gasteiger partial charge < -0.3 is 14.8 Å². The van der Waals surface area contributed by atoms with Crippen LogP contribution in [-0.2, 0) is 9.53 Å². The van der Waals surface area contributed by atoms with Gasteiger partial charge in [0, 0.05) is 12.8 Å². The highest BCUT2D eigenvalue weighted by Gasteiger charge is 2.41. The first-order chi connectivity index (χ1) is 11.0. The van der Waals surface area contributed by atoms with Crippen LogP contribution in [0.25, 0.3) is 0 Å². The van der Waals surface area contributed by atoms with Crippen LogP contribution in [0, 0.1) is 17.2 Å². The molecule has 1 N–H and O–H groups in total. The van der Waals surface area contributed by atoms with Crippen LogP contribution in [0.5, 0.6) is 5.75 Å². The molecule has 0 heterocycles. The second-order valence-corrected chi connectivity index (χ2v) is 6.09. The van der Waals surface area contributed by atoms with E-state index in [9.17, 15) is 10.1 Å². The number of anilines is 1. The average molecular weight is 316 g/mol. The molecule has 1 aromatic carbocycles. The summed E-state index contributed by atoms with van der Waals surface area (Å²) in [4.78, 5) is 12.7. The topological polar surface area (TPSA) is 71.3 Å². The molecule has 1 aliphatic carbocycles. The smallest absolute Gasteiger partial charge is 0.256 e. The summed E-state index contributed by atoms with van der Waals surface area (Å²) in [5, 5.41) is 12.1. The number of nitrogens with zero attached hydrogens (tertiary/aromatic N) is 1. The van der Waals surface area contributed by atoms with E-state index in [1.165, 1.54) is 0 Å². The molecule has 5 nitrogen and oxygen atoms in total. The van der Waals surface area contributed by atoms with Crippen molar-refractivity contribution in [3.63, 3.8) is 0 Å². The molecule has 1 amide bonds. The van der Waals surface area contributed by atoms with Gasteiger partial charge in [-0.25, -0.2) is 0 Å². The van der Waals surface area contributed by atoms with Gasteiger partial charge in [-0.15, -0.1) is 0 Å². The Bertz CT molecular complexity index is 599. The lowest BCUT2D eigenvalue weighted by Crippen LogP contribution is -2.47. The first kappa shape index (κ1) is 17.3. The van der Waals surface area contributed by atoms with Gasteiger partial charge in [0.25, 0.3) is 5.91 Å². The van der Waals surface area contributed by atoms with Crippen molar-refractivity contribution in [3.8, 4) is 11.8 Å². The van der Waals surface area contributed by atoms with Crippen LogP contribution in [0.3, 0.4) is 0 Å². The Morgan fingerprint density at radius 3 is 2.70 bits per heavy atom. The lowest BCUT2D eigenvalue weighted by Gasteiger charge is -2.36. The standard InChI is InChI=1S/C18H24N2O3/c1-4-23-16-6-5-15(11-14(16)12-19)20-17(21)18(22-3)9-7-13(2)8-10-18/h5-6,11,13H,4,7-10H2,1-3H3,(H,20,21). The zero-order valence-corrected chi connectivity index (χ0v) is 14.0. The van der Waals surface area contributed by atoms with Crippen LogP contribution < -0.4 is 10.1 Å². The maximum absolute atomic E-state index is 12.7. The Morgan fingerprint density at radius 2 is 2.13 bits per heavy atom. The van der Waals surface area contributed by atoms with Gasteiger partial charge in [-0.05, 0) is 56.7 Å². The van der Waals surface area contributed by atoms with Crippen molar-refractivity contribution >= 4 is 11.6 Å². The summed E-state index contributed by atoms with van der Waals surface area (Å²) in [6.07, 6.45) is 3.40. The van der Waals surface area contributed by atoms with Crippen molar-refractivity contribution in [2.75, 3.05) is 19.0 Å². The molecule has 1 saturated carbocycles. The highest BCUT2D eigenvalue weighted by Crippen LogP contribution is 2.35. The second kappa shape index (κ2) is 7.47. The molecule has 0 aliphatic heterocycles. The molecule has 0 saturated heterocycles. The summed E-state index contributed by atoms with van der Waals surface area (Å²) in [5.74, 6) is 1.02. The summed E-state index contributed by atoms with van der Waals surface area (Å²) >= 11 is 0. The quantitative estimate of drug-likeness (QED) is 0.902. The molecular formula is C18H24N2O3. The fourth-order valence-electron chi connectivity index (χ4n) is 2.97. The van der Waals surface area contributed by atoms with Crippen molar-refractivity contribution in [2.45, 2.75) is 45.1 Å². The number of rotatable bonds is 5. The molecule has 0 atom stereocenters. The largest absolute Gasteiger partial charge is 0.492 e. The Kier molecular flexibility index (Phi) is 5.62. The monoisotopic (exact) mass is 316 g/mol. The van der Waals surface area contributed by atoms with Gasteiger partial charge in [0.05, 0.1) is 12.2 Å². The van der Waals surface area contributed by atoms with Gasteiger partial charge in [-0.1, -0.05) is 6.92 Å². The number of amides is 1. The minimum Gasteiger partial charge on any atom is -0.492 e. The van der Waals surface area contributed by atoms with Gasteiger partial charge in [-0.2, -0.15) is 5.26 Å². The summed E-state index contributed by atoms with van der Waals surface area (Å²) in [7, 11) is 1.59. The van der Waals surface area contributed by atoms with Crippen molar-refractivity contribution < 1.29 is 14.3 Å². The Labute approximate surface area is 137 Å². The van der Waals surface area contributed by atoms with E-state index in [4.69, 9.17) is 9.47 Å². The van der Waals surface area contributed by atoms with E-state index in [0.717, 1.165) is 25.7 Å². The summed E-state index contributed by atoms with van der Waals surface area (Å²) in [6, 6.07) is 7.19. The number of hydrogen-bond acceptors (Lipinski definition) is 4. The lowest BCUT2D eigenvalue weighted by atomic mass is 9.79. The molecule has 1 fully saturated rings. The van der Waals surface area contributed by atoms with Crippen LogP contribution in [0.2, 0.25) is 0 Å². The highest BCUT2D eigenvalue weighted by molar-refractivity contribution is 5.97. The number of ether oxygens (including phenoxy) is 2. The highest BCUT2D eigenvalue weighted by atomic mass is 16.5. The second-order valence-electron chi connectivity index (χ2n) is 6.09. The molecule has 0 bridgehead atoms.